The van der Waals surface area contributed by atoms with Crippen LogP contribution in [0, 0.1) is 0 Å². The van der Waals surface area contributed by atoms with Crippen molar-refractivity contribution in [2.24, 2.45) is 4.99 Å². The average Bonchev–Trinajstić information content (AvgIpc) is 3.40. The van der Waals surface area contributed by atoms with E-state index in [1.807, 2.05) is 6.07 Å². The van der Waals surface area contributed by atoms with Gasteiger partial charge in [0.2, 0.25) is 0 Å². The van der Waals surface area contributed by atoms with Gasteiger partial charge >= 0.3 is 11.9 Å². The van der Waals surface area contributed by atoms with Crippen LogP contribution >= 0.6 is 43.2 Å². The van der Waals surface area contributed by atoms with Gasteiger partial charge in [-0.2, -0.15) is 0 Å². The van der Waals surface area contributed by atoms with Crippen molar-refractivity contribution >= 4 is 61.2 Å². The number of rotatable bonds is 12. The fraction of sp³-hybridized carbons (Fsp3) is 0.278. The number of hydrogen-bond acceptors (Lipinski definition) is 11. The number of methoxy groups -OCH3 is 3. The van der Waals surface area contributed by atoms with E-state index in [0.717, 1.165) is 5.56 Å². The Hall–Kier alpha value is -4.40. The Kier molecular flexibility index (Phi) is 11.9. The summed E-state index contributed by atoms with van der Waals surface area (Å²) in [6.07, 6.45) is 1.74. The number of halogens is 2. The van der Waals surface area contributed by atoms with Crippen LogP contribution in [0.5, 0.6) is 23.0 Å². The van der Waals surface area contributed by atoms with E-state index >= 15 is 0 Å². The fourth-order valence-electron chi connectivity index (χ4n) is 5.39. The molecule has 1 atom stereocenters. The van der Waals surface area contributed by atoms with Crippen LogP contribution in [0.4, 0.5) is 0 Å². The maximum absolute atomic E-state index is 14.2. The largest absolute Gasteiger partial charge is 0.493 e. The number of nitrogens with zero attached hydrogens (tertiary/aromatic N) is 2. The van der Waals surface area contributed by atoms with Crippen molar-refractivity contribution in [3.8, 4) is 23.0 Å². The number of fused-ring (bicyclic) bond motifs is 1. The molecule has 11 nitrogen and oxygen atoms in total. The second-order valence-corrected chi connectivity index (χ2v) is 13.5. The zero-order valence-electron chi connectivity index (χ0n) is 28.1. The highest BCUT2D eigenvalue weighted by Crippen LogP contribution is 2.41. The topological polar surface area (TPSA) is 124 Å². The molecular weight excluding hydrogens is 796 g/mol. The predicted molar refractivity (Wildman–Crippen MR) is 195 cm³/mol. The first-order valence-electron chi connectivity index (χ1n) is 15.4. The fourth-order valence-corrected chi connectivity index (χ4v) is 7.55. The number of aromatic nitrogens is 1. The zero-order valence-corrected chi connectivity index (χ0v) is 32.1. The number of thiazole rings is 1. The number of allylic oxidation sites excluding steroid dienone is 1. The van der Waals surface area contributed by atoms with E-state index in [-0.39, 0.29) is 30.3 Å². The Labute approximate surface area is 309 Å². The Morgan fingerprint density at radius 2 is 1.52 bits per heavy atom. The number of benzene rings is 3. The molecule has 0 radical (unpaired) electrons. The van der Waals surface area contributed by atoms with Crippen molar-refractivity contribution < 1.29 is 38.0 Å². The molecule has 1 aliphatic heterocycles. The van der Waals surface area contributed by atoms with Crippen LogP contribution in [0.15, 0.2) is 78.5 Å². The molecule has 0 spiro atoms. The first kappa shape index (κ1) is 36.9. The van der Waals surface area contributed by atoms with Gasteiger partial charge in [0, 0.05) is 4.47 Å². The van der Waals surface area contributed by atoms with Crippen molar-refractivity contribution in [2.75, 3.05) is 34.5 Å². The van der Waals surface area contributed by atoms with E-state index in [9.17, 15) is 14.4 Å². The van der Waals surface area contributed by atoms with E-state index in [4.69, 9.17) is 28.4 Å². The van der Waals surface area contributed by atoms with Crippen LogP contribution in [-0.4, -0.2) is 51.0 Å². The molecule has 0 saturated heterocycles. The molecule has 14 heteroatoms. The molecule has 5 rings (SSSR count). The molecule has 0 amide bonds. The van der Waals surface area contributed by atoms with Crippen LogP contribution in [0.1, 0.15) is 53.9 Å². The van der Waals surface area contributed by atoms with E-state index in [1.54, 1.807) is 69.3 Å². The van der Waals surface area contributed by atoms with Gasteiger partial charge in [-0.15, -0.1) is 0 Å². The third-order valence-electron chi connectivity index (χ3n) is 7.71. The number of hydrogen-bond donors (Lipinski definition) is 0. The number of ether oxygens (including phenoxy) is 6. The van der Waals surface area contributed by atoms with Gasteiger partial charge in [0.1, 0.15) is 6.61 Å². The molecule has 0 saturated carbocycles. The Bertz CT molecular complexity index is 2160. The monoisotopic (exact) mass is 828 g/mol. The molecule has 1 aromatic heterocycles. The van der Waals surface area contributed by atoms with Crippen LogP contribution in [0.25, 0.3) is 6.08 Å². The third kappa shape index (κ3) is 7.52. The van der Waals surface area contributed by atoms with E-state index in [1.165, 1.54) is 37.2 Å². The van der Waals surface area contributed by atoms with E-state index < -0.39 is 12.0 Å². The SMILES string of the molecule is CCOC(=O)C1=C(C)N=c2s/c(=C\c3cc(Br)c(OCc4ccc(C(=O)OCC)cc4)c(OC)c3)c(=O)n2[C@@H]1c1cc(OC)c(OC)cc1Br. The number of esters is 2. The summed E-state index contributed by atoms with van der Waals surface area (Å²) in [6, 6.07) is 13.1. The molecular formula is C36H34Br2N2O9S. The predicted octanol–water partition coefficient (Wildman–Crippen LogP) is 6.10. The molecule has 1 aliphatic rings. The van der Waals surface area contributed by atoms with Gasteiger partial charge in [0.15, 0.2) is 27.8 Å². The summed E-state index contributed by atoms with van der Waals surface area (Å²) in [5, 5.41) is 0. The van der Waals surface area contributed by atoms with Crippen LogP contribution in [0.3, 0.4) is 0 Å². The van der Waals surface area contributed by atoms with Gasteiger partial charge in [0.05, 0.1) is 66.4 Å². The Balaban J connectivity index is 1.54. The highest BCUT2D eigenvalue weighted by molar-refractivity contribution is 9.10. The lowest BCUT2D eigenvalue weighted by Gasteiger charge is -2.26. The molecule has 50 heavy (non-hydrogen) atoms. The lowest BCUT2D eigenvalue weighted by Crippen LogP contribution is -2.40. The van der Waals surface area contributed by atoms with Gasteiger partial charge < -0.3 is 28.4 Å². The summed E-state index contributed by atoms with van der Waals surface area (Å²) in [6.45, 7) is 5.86. The van der Waals surface area contributed by atoms with Gasteiger partial charge in [-0.25, -0.2) is 14.6 Å². The average molecular weight is 831 g/mol. The lowest BCUT2D eigenvalue weighted by molar-refractivity contribution is -0.139. The van der Waals surface area contributed by atoms with Crippen molar-refractivity contribution in [1.82, 2.24) is 4.57 Å². The molecule has 3 aromatic carbocycles. The standard InChI is InChI=1S/C36H34Br2N2O9S/c1-7-47-34(42)22-11-9-20(10-12-22)18-49-32-25(38)13-21(14-28(32)46-6)15-29-33(41)40-31(23-16-26(44-4)27(45-5)17-24(23)37)30(35(43)48-8-2)19(3)39-36(40)50-29/h9-17,31H,7-8,18H2,1-6H3/b29-15-/t31-/m1/s1. The first-order chi connectivity index (χ1) is 24.0. The lowest BCUT2D eigenvalue weighted by atomic mass is 9.95. The Morgan fingerprint density at radius 3 is 2.16 bits per heavy atom. The van der Waals surface area contributed by atoms with Crippen LogP contribution in [-0.2, 0) is 20.9 Å². The molecule has 0 fully saturated rings. The summed E-state index contributed by atoms with van der Waals surface area (Å²) in [5.41, 5.74) is 2.87. The van der Waals surface area contributed by atoms with Gasteiger partial charge in [-0.3, -0.25) is 9.36 Å². The number of carbonyl (C=O) groups is 2. The van der Waals surface area contributed by atoms with Gasteiger partial charge in [-0.05, 0) is 95.9 Å². The maximum atomic E-state index is 14.2. The normalized spacial score (nSPS) is 14.1. The van der Waals surface area contributed by atoms with Crippen molar-refractivity contribution in [2.45, 2.75) is 33.4 Å². The smallest absolute Gasteiger partial charge is 0.338 e. The minimum Gasteiger partial charge on any atom is -0.493 e. The summed E-state index contributed by atoms with van der Waals surface area (Å²) in [7, 11) is 4.57. The van der Waals surface area contributed by atoms with Crippen molar-refractivity contribution in [1.29, 1.82) is 0 Å². The van der Waals surface area contributed by atoms with Crippen LogP contribution < -0.4 is 33.8 Å². The zero-order chi connectivity index (χ0) is 36.1. The first-order valence-corrected chi connectivity index (χ1v) is 17.8. The highest BCUT2D eigenvalue weighted by Gasteiger charge is 2.35. The second kappa shape index (κ2) is 16.1. The maximum Gasteiger partial charge on any atom is 0.338 e. The molecule has 0 N–H and O–H groups in total. The molecule has 0 bridgehead atoms. The van der Waals surface area contributed by atoms with Crippen molar-refractivity contribution in [3.63, 3.8) is 0 Å². The van der Waals surface area contributed by atoms with Crippen LogP contribution in [0.2, 0.25) is 0 Å². The molecule has 262 valence electrons. The quantitative estimate of drug-likeness (QED) is 0.156. The second-order valence-electron chi connectivity index (χ2n) is 10.8. The summed E-state index contributed by atoms with van der Waals surface area (Å²) in [4.78, 5) is 44.7. The van der Waals surface area contributed by atoms with E-state index in [0.29, 0.717) is 70.3 Å². The highest BCUT2D eigenvalue weighted by atomic mass is 79.9. The van der Waals surface area contributed by atoms with Gasteiger partial charge in [-0.1, -0.05) is 39.4 Å². The molecule has 2 heterocycles. The molecule has 0 aliphatic carbocycles. The van der Waals surface area contributed by atoms with Crippen molar-refractivity contribution in [3.05, 3.63) is 111 Å². The number of carbonyl (C=O) groups excluding carboxylic acids is 2. The summed E-state index contributed by atoms with van der Waals surface area (Å²) >= 11 is 8.42. The molecule has 0 unspecified atom stereocenters. The third-order valence-corrected chi connectivity index (χ3v) is 9.97. The van der Waals surface area contributed by atoms with Gasteiger partial charge in [0.25, 0.3) is 5.56 Å². The Morgan fingerprint density at radius 1 is 0.880 bits per heavy atom. The minimum absolute atomic E-state index is 0.151. The minimum atomic E-state index is -0.870. The summed E-state index contributed by atoms with van der Waals surface area (Å²) in [5.74, 6) is 0.856. The summed E-state index contributed by atoms with van der Waals surface area (Å²) < 4.78 is 36.4. The molecule has 4 aromatic rings. The van der Waals surface area contributed by atoms with E-state index in [2.05, 4.69) is 36.9 Å².